The second-order valence-corrected chi connectivity index (χ2v) is 4.67. The molecule has 0 aliphatic rings. The third kappa shape index (κ3) is 3.36. The highest BCUT2D eigenvalue weighted by molar-refractivity contribution is 5.19. The van der Waals surface area contributed by atoms with Crippen LogP contribution in [-0.4, -0.2) is 23.9 Å². The van der Waals surface area contributed by atoms with Crippen molar-refractivity contribution in [2.24, 2.45) is 5.73 Å². The molecule has 0 amide bonds. The minimum atomic E-state index is -0.792. The van der Waals surface area contributed by atoms with Gasteiger partial charge in [-0.05, 0) is 24.6 Å². The molecule has 0 saturated heterocycles. The molecule has 0 spiro atoms. The van der Waals surface area contributed by atoms with E-state index < -0.39 is 5.54 Å². The first-order valence-electron chi connectivity index (χ1n) is 5.86. The lowest BCUT2D eigenvalue weighted by Gasteiger charge is -2.18. The summed E-state index contributed by atoms with van der Waals surface area (Å²) in [7, 11) is 1.56. The maximum Gasteiger partial charge on any atom is 0.231 e. The Kier molecular flexibility index (Phi) is 3.92. The standard InChI is InChI=1S/C13H16FN3O2/c1-13(15,8-18-2)12-16-11(19-17-12)7-9-3-5-10(14)6-4-9/h3-6H,7-8,15H2,1-2H3. The highest BCUT2D eigenvalue weighted by Crippen LogP contribution is 2.16. The van der Waals surface area contributed by atoms with Crippen molar-refractivity contribution in [3.63, 3.8) is 0 Å². The molecule has 2 N–H and O–H groups in total. The summed E-state index contributed by atoms with van der Waals surface area (Å²) in [5, 5.41) is 3.86. The van der Waals surface area contributed by atoms with Crippen LogP contribution in [0.2, 0.25) is 0 Å². The van der Waals surface area contributed by atoms with Crippen LogP contribution in [0.25, 0.3) is 0 Å². The fourth-order valence-electron chi connectivity index (χ4n) is 1.70. The first kappa shape index (κ1) is 13.6. The molecule has 0 aliphatic carbocycles. The lowest BCUT2D eigenvalue weighted by atomic mass is 10.1. The zero-order valence-corrected chi connectivity index (χ0v) is 10.9. The van der Waals surface area contributed by atoms with Crippen LogP contribution in [0.15, 0.2) is 28.8 Å². The molecule has 2 rings (SSSR count). The lowest BCUT2D eigenvalue weighted by molar-refractivity contribution is 0.135. The van der Waals surface area contributed by atoms with Gasteiger partial charge >= 0.3 is 0 Å². The van der Waals surface area contributed by atoms with E-state index in [2.05, 4.69) is 10.1 Å². The maximum absolute atomic E-state index is 12.8. The van der Waals surface area contributed by atoms with Gasteiger partial charge < -0.3 is 15.0 Å². The van der Waals surface area contributed by atoms with Crippen LogP contribution in [0.5, 0.6) is 0 Å². The molecule has 0 radical (unpaired) electrons. The average molecular weight is 265 g/mol. The maximum atomic E-state index is 12.8. The molecule has 19 heavy (non-hydrogen) atoms. The van der Waals surface area contributed by atoms with E-state index in [0.717, 1.165) is 5.56 Å². The summed E-state index contributed by atoms with van der Waals surface area (Å²) in [4.78, 5) is 4.24. The molecule has 1 aromatic heterocycles. The number of rotatable bonds is 5. The van der Waals surface area contributed by atoms with Crippen LogP contribution in [0.3, 0.4) is 0 Å². The highest BCUT2D eigenvalue weighted by Gasteiger charge is 2.27. The Morgan fingerprint density at radius 2 is 2.05 bits per heavy atom. The third-order valence-corrected chi connectivity index (χ3v) is 2.69. The largest absolute Gasteiger partial charge is 0.382 e. The van der Waals surface area contributed by atoms with Gasteiger partial charge in [-0.3, -0.25) is 0 Å². The van der Waals surface area contributed by atoms with Crippen molar-refractivity contribution in [2.75, 3.05) is 13.7 Å². The second-order valence-electron chi connectivity index (χ2n) is 4.67. The van der Waals surface area contributed by atoms with Gasteiger partial charge in [0.25, 0.3) is 0 Å². The number of hydrogen-bond acceptors (Lipinski definition) is 5. The van der Waals surface area contributed by atoms with Gasteiger partial charge in [-0.25, -0.2) is 4.39 Å². The number of nitrogens with two attached hydrogens (primary N) is 1. The molecule has 0 saturated carbocycles. The van der Waals surface area contributed by atoms with Gasteiger partial charge in [-0.15, -0.1) is 0 Å². The molecular formula is C13H16FN3O2. The third-order valence-electron chi connectivity index (χ3n) is 2.69. The van der Waals surface area contributed by atoms with Gasteiger partial charge in [0.05, 0.1) is 13.0 Å². The van der Waals surface area contributed by atoms with Gasteiger partial charge in [0, 0.05) is 7.11 Å². The van der Waals surface area contributed by atoms with Crippen molar-refractivity contribution in [1.29, 1.82) is 0 Å². The van der Waals surface area contributed by atoms with Gasteiger partial charge in [0.2, 0.25) is 5.89 Å². The molecule has 0 bridgehead atoms. The quantitative estimate of drug-likeness (QED) is 0.889. The Balaban J connectivity index is 2.11. The normalized spacial score (nSPS) is 14.3. The van der Waals surface area contributed by atoms with Crippen LogP contribution in [0.4, 0.5) is 4.39 Å². The number of ether oxygens (including phenoxy) is 1. The number of methoxy groups -OCH3 is 1. The van der Waals surface area contributed by atoms with Crippen LogP contribution >= 0.6 is 0 Å². The van der Waals surface area contributed by atoms with E-state index in [-0.39, 0.29) is 5.82 Å². The summed E-state index contributed by atoms with van der Waals surface area (Å²) in [5.41, 5.74) is 6.11. The van der Waals surface area contributed by atoms with Crippen molar-refractivity contribution in [3.05, 3.63) is 47.4 Å². The zero-order valence-electron chi connectivity index (χ0n) is 10.9. The smallest absolute Gasteiger partial charge is 0.231 e. The Hall–Kier alpha value is -1.79. The van der Waals surface area contributed by atoms with Crippen molar-refractivity contribution < 1.29 is 13.7 Å². The Morgan fingerprint density at radius 1 is 1.37 bits per heavy atom. The van der Waals surface area contributed by atoms with E-state index in [1.54, 1.807) is 26.2 Å². The zero-order chi connectivity index (χ0) is 13.9. The van der Waals surface area contributed by atoms with Crippen molar-refractivity contribution in [3.8, 4) is 0 Å². The summed E-state index contributed by atoms with van der Waals surface area (Å²) in [6, 6.07) is 6.14. The summed E-state index contributed by atoms with van der Waals surface area (Å²) >= 11 is 0. The summed E-state index contributed by atoms with van der Waals surface area (Å²) in [6.07, 6.45) is 0.441. The summed E-state index contributed by atoms with van der Waals surface area (Å²) < 4.78 is 22.9. The van der Waals surface area contributed by atoms with Crippen molar-refractivity contribution >= 4 is 0 Å². The average Bonchev–Trinajstić information content (AvgIpc) is 2.81. The SMILES string of the molecule is COCC(C)(N)c1noc(Cc2ccc(F)cc2)n1. The first-order chi connectivity index (χ1) is 9.01. The molecule has 102 valence electrons. The fraction of sp³-hybridized carbons (Fsp3) is 0.385. The molecule has 0 aliphatic heterocycles. The van der Waals surface area contributed by atoms with Crippen LogP contribution < -0.4 is 5.73 Å². The lowest BCUT2D eigenvalue weighted by Crippen LogP contribution is -2.39. The number of nitrogens with zero attached hydrogens (tertiary/aromatic N) is 2. The van der Waals surface area contributed by atoms with Crippen LogP contribution in [0.1, 0.15) is 24.2 Å². The van der Waals surface area contributed by atoms with E-state index in [4.69, 9.17) is 15.0 Å². The highest BCUT2D eigenvalue weighted by atomic mass is 19.1. The Labute approximate surface area is 110 Å². The molecule has 1 atom stereocenters. The molecule has 1 heterocycles. The van der Waals surface area contributed by atoms with Crippen molar-refractivity contribution in [1.82, 2.24) is 10.1 Å². The van der Waals surface area contributed by atoms with Gasteiger partial charge in [-0.1, -0.05) is 17.3 Å². The van der Waals surface area contributed by atoms with Gasteiger partial charge in [0.1, 0.15) is 11.4 Å². The fourth-order valence-corrected chi connectivity index (χ4v) is 1.70. The minimum absolute atomic E-state index is 0.274. The van der Waals surface area contributed by atoms with E-state index in [0.29, 0.717) is 24.7 Å². The molecule has 0 fully saturated rings. The number of hydrogen-bond donors (Lipinski definition) is 1. The van der Waals surface area contributed by atoms with Crippen molar-refractivity contribution in [2.45, 2.75) is 18.9 Å². The van der Waals surface area contributed by atoms with Gasteiger partial charge in [0.15, 0.2) is 5.82 Å². The van der Waals surface area contributed by atoms with Crippen LogP contribution in [0, 0.1) is 5.82 Å². The predicted molar refractivity (Wildman–Crippen MR) is 66.9 cm³/mol. The summed E-state index contributed by atoms with van der Waals surface area (Å²) in [6.45, 7) is 2.06. The Morgan fingerprint density at radius 3 is 2.68 bits per heavy atom. The first-order valence-corrected chi connectivity index (χ1v) is 5.86. The molecule has 6 heteroatoms. The Bertz CT molecular complexity index is 537. The number of halogens is 1. The molecule has 2 aromatic rings. The molecule has 5 nitrogen and oxygen atoms in total. The predicted octanol–water partition coefficient (Wildman–Crippen LogP) is 1.62. The summed E-state index contributed by atoms with van der Waals surface area (Å²) in [5.74, 6) is 0.561. The second kappa shape index (κ2) is 5.46. The van der Waals surface area contributed by atoms with Gasteiger partial charge in [-0.2, -0.15) is 4.98 Å². The van der Waals surface area contributed by atoms with E-state index in [1.807, 2.05) is 0 Å². The monoisotopic (exact) mass is 265 g/mol. The molecular weight excluding hydrogens is 249 g/mol. The minimum Gasteiger partial charge on any atom is -0.382 e. The topological polar surface area (TPSA) is 74.2 Å². The number of aromatic nitrogens is 2. The van der Waals surface area contributed by atoms with E-state index >= 15 is 0 Å². The number of benzene rings is 1. The van der Waals surface area contributed by atoms with Crippen LogP contribution in [-0.2, 0) is 16.7 Å². The molecule has 1 unspecified atom stereocenters. The van der Waals surface area contributed by atoms with E-state index in [1.165, 1.54) is 12.1 Å². The molecule has 1 aromatic carbocycles. The van der Waals surface area contributed by atoms with E-state index in [9.17, 15) is 4.39 Å².